The van der Waals surface area contributed by atoms with E-state index < -0.39 is 15.8 Å². The minimum atomic E-state index is -3.51. The zero-order chi connectivity index (χ0) is 12.9. The number of anilines is 1. The number of sulfonamides is 1. The molecule has 96 valence electrons. The predicted molar refractivity (Wildman–Crippen MR) is 70.1 cm³/mol. The van der Waals surface area contributed by atoms with Crippen molar-refractivity contribution in [2.45, 2.75) is 6.92 Å². The van der Waals surface area contributed by atoms with Crippen molar-refractivity contribution in [3.63, 3.8) is 0 Å². The summed E-state index contributed by atoms with van der Waals surface area (Å²) in [5.74, 6) is -0.692. The Morgan fingerprint density at radius 2 is 2.12 bits per heavy atom. The first-order valence-electron chi connectivity index (χ1n) is 5.11. The fourth-order valence-corrected chi connectivity index (χ4v) is 2.52. The second-order valence-electron chi connectivity index (χ2n) is 3.40. The molecular weight excluding hydrogens is 311 g/mol. The molecule has 0 saturated carbocycles. The third kappa shape index (κ3) is 5.01. The van der Waals surface area contributed by atoms with Crippen LogP contribution in [0.25, 0.3) is 0 Å². The van der Waals surface area contributed by atoms with Crippen molar-refractivity contribution in [2.75, 3.05) is 23.6 Å². The third-order valence-corrected chi connectivity index (χ3v) is 3.76. The minimum absolute atomic E-state index is 0.0373. The molecule has 0 heterocycles. The van der Waals surface area contributed by atoms with Crippen LogP contribution in [0.15, 0.2) is 22.7 Å². The van der Waals surface area contributed by atoms with E-state index in [9.17, 15) is 12.8 Å². The van der Waals surface area contributed by atoms with Crippen molar-refractivity contribution in [1.82, 2.24) is 5.32 Å². The van der Waals surface area contributed by atoms with Crippen LogP contribution in [-0.2, 0) is 10.0 Å². The zero-order valence-electron chi connectivity index (χ0n) is 9.33. The molecule has 17 heavy (non-hydrogen) atoms. The zero-order valence-corrected chi connectivity index (χ0v) is 11.7. The SMILES string of the molecule is CCNCCS(=O)(=O)Nc1ccc(Br)cc1F. The Balaban J connectivity index is 2.69. The van der Waals surface area contributed by atoms with E-state index in [2.05, 4.69) is 26.0 Å². The van der Waals surface area contributed by atoms with Gasteiger partial charge >= 0.3 is 0 Å². The van der Waals surface area contributed by atoms with Crippen molar-refractivity contribution in [3.05, 3.63) is 28.5 Å². The van der Waals surface area contributed by atoms with Gasteiger partial charge in [-0.1, -0.05) is 22.9 Å². The minimum Gasteiger partial charge on any atom is -0.316 e. The van der Waals surface area contributed by atoms with Gasteiger partial charge in [-0.2, -0.15) is 0 Å². The first kappa shape index (κ1) is 14.4. The van der Waals surface area contributed by atoms with Crippen molar-refractivity contribution in [3.8, 4) is 0 Å². The summed E-state index contributed by atoms with van der Waals surface area (Å²) >= 11 is 3.10. The molecule has 0 aliphatic carbocycles. The molecule has 0 amide bonds. The van der Waals surface area contributed by atoms with Gasteiger partial charge in [0.2, 0.25) is 10.0 Å². The van der Waals surface area contributed by atoms with Crippen LogP contribution in [0.2, 0.25) is 0 Å². The number of nitrogens with one attached hydrogen (secondary N) is 2. The largest absolute Gasteiger partial charge is 0.316 e. The van der Waals surface area contributed by atoms with E-state index in [4.69, 9.17) is 0 Å². The van der Waals surface area contributed by atoms with E-state index >= 15 is 0 Å². The van der Waals surface area contributed by atoms with Crippen LogP contribution in [0.3, 0.4) is 0 Å². The molecular formula is C10H14BrFN2O2S. The van der Waals surface area contributed by atoms with E-state index in [-0.39, 0.29) is 11.4 Å². The first-order valence-corrected chi connectivity index (χ1v) is 7.55. The summed E-state index contributed by atoms with van der Waals surface area (Å²) in [6.07, 6.45) is 0. The Hall–Kier alpha value is -0.660. The molecule has 0 bridgehead atoms. The average Bonchev–Trinajstić information content (AvgIpc) is 2.22. The first-order chi connectivity index (χ1) is 7.94. The fraction of sp³-hybridized carbons (Fsp3) is 0.400. The summed E-state index contributed by atoms with van der Waals surface area (Å²) in [5.41, 5.74) is -0.0373. The molecule has 0 aliphatic rings. The van der Waals surface area contributed by atoms with Gasteiger partial charge in [-0.25, -0.2) is 12.8 Å². The van der Waals surface area contributed by atoms with Gasteiger partial charge in [-0.15, -0.1) is 0 Å². The molecule has 0 atom stereocenters. The monoisotopic (exact) mass is 324 g/mol. The quantitative estimate of drug-likeness (QED) is 0.786. The highest BCUT2D eigenvalue weighted by molar-refractivity contribution is 9.10. The third-order valence-electron chi connectivity index (χ3n) is 1.99. The highest BCUT2D eigenvalue weighted by Crippen LogP contribution is 2.20. The lowest BCUT2D eigenvalue weighted by Crippen LogP contribution is -2.26. The average molecular weight is 325 g/mol. The molecule has 0 unspecified atom stereocenters. The topological polar surface area (TPSA) is 58.2 Å². The van der Waals surface area contributed by atoms with Gasteiger partial charge in [-0.05, 0) is 24.7 Å². The Morgan fingerprint density at radius 3 is 2.71 bits per heavy atom. The second kappa shape index (κ2) is 6.32. The molecule has 2 N–H and O–H groups in total. The molecule has 0 aromatic heterocycles. The van der Waals surface area contributed by atoms with E-state index in [1.807, 2.05) is 6.92 Å². The number of halogens is 2. The van der Waals surface area contributed by atoms with Crippen LogP contribution in [0.4, 0.5) is 10.1 Å². The lowest BCUT2D eigenvalue weighted by molar-refractivity contribution is 0.594. The van der Waals surface area contributed by atoms with Crippen LogP contribution in [0.5, 0.6) is 0 Å². The molecule has 1 aromatic rings. The standard InChI is InChI=1S/C10H14BrFN2O2S/c1-2-13-5-6-17(15,16)14-10-4-3-8(11)7-9(10)12/h3-4,7,13-14H,2,5-6H2,1H3. The van der Waals surface area contributed by atoms with Gasteiger partial charge in [0.15, 0.2) is 0 Å². The van der Waals surface area contributed by atoms with Gasteiger partial charge in [-0.3, -0.25) is 4.72 Å². The lowest BCUT2D eigenvalue weighted by atomic mass is 10.3. The summed E-state index contributed by atoms with van der Waals surface area (Å²) in [6, 6.07) is 4.16. The number of benzene rings is 1. The molecule has 0 spiro atoms. The second-order valence-corrected chi connectivity index (χ2v) is 6.16. The molecule has 0 saturated heterocycles. The van der Waals surface area contributed by atoms with Gasteiger partial charge in [0.25, 0.3) is 0 Å². The Bertz CT molecular complexity index is 479. The maximum absolute atomic E-state index is 13.4. The summed E-state index contributed by atoms with van der Waals surface area (Å²) in [6.45, 7) is 2.92. The van der Waals surface area contributed by atoms with Crippen molar-refractivity contribution in [2.24, 2.45) is 0 Å². The number of hydrogen-bond acceptors (Lipinski definition) is 3. The molecule has 4 nitrogen and oxygen atoms in total. The summed E-state index contributed by atoms with van der Waals surface area (Å²) < 4.78 is 39.3. The predicted octanol–water partition coefficient (Wildman–Crippen LogP) is 1.94. The fourth-order valence-electron chi connectivity index (χ4n) is 1.17. The lowest BCUT2D eigenvalue weighted by Gasteiger charge is -2.09. The van der Waals surface area contributed by atoms with E-state index in [1.54, 1.807) is 6.07 Å². The maximum Gasteiger partial charge on any atom is 0.234 e. The van der Waals surface area contributed by atoms with Crippen LogP contribution in [-0.4, -0.2) is 27.3 Å². The summed E-state index contributed by atoms with van der Waals surface area (Å²) in [7, 11) is -3.51. The van der Waals surface area contributed by atoms with Crippen molar-refractivity contribution in [1.29, 1.82) is 0 Å². The van der Waals surface area contributed by atoms with Gasteiger partial charge in [0.05, 0.1) is 11.4 Å². The normalized spacial score (nSPS) is 11.5. The van der Waals surface area contributed by atoms with Crippen LogP contribution >= 0.6 is 15.9 Å². The summed E-state index contributed by atoms with van der Waals surface area (Å²) in [4.78, 5) is 0. The Morgan fingerprint density at radius 1 is 1.41 bits per heavy atom. The van der Waals surface area contributed by atoms with Crippen molar-refractivity contribution >= 4 is 31.6 Å². The Kier molecular flexibility index (Phi) is 5.35. The Labute approximate surface area is 109 Å². The highest BCUT2D eigenvalue weighted by atomic mass is 79.9. The van der Waals surface area contributed by atoms with Gasteiger partial charge in [0, 0.05) is 11.0 Å². The van der Waals surface area contributed by atoms with Crippen LogP contribution in [0, 0.1) is 5.82 Å². The molecule has 0 radical (unpaired) electrons. The highest BCUT2D eigenvalue weighted by Gasteiger charge is 2.12. The number of rotatable bonds is 6. The van der Waals surface area contributed by atoms with E-state index in [1.165, 1.54) is 12.1 Å². The molecule has 0 fully saturated rings. The molecule has 0 aliphatic heterocycles. The van der Waals surface area contributed by atoms with Crippen LogP contribution < -0.4 is 10.0 Å². The van der Waals surface area contributed by atoms with E-state index in [0.717, 1.165) is 0 Å². The van der Waals surface area contributed by atoms with Crippen LogP contribution in [0.1, 0.15) is 6.92 Å². The number of hydrogen-bond donors (Lipinski definition) is 2. The molecule has 1 aromatic carbocycles. The van der Waals surface area contributed by atoms with E-state index in [0.29, 0.717) is 17.6 Å². The smallest absolute Gasteiger partial charge is 0.234 e. The van der Waals surface area contributed by atoms with Gasteiger partial charge < -0.3 is 5.32 Å². The van der Waals surface area contributed by atoms with Gasteiger partial charge in [0.1, 0.15) is 5.82 Å². The summed E-state index contributed by atoms with van der Waals surface area (Å²) in [5, 5.41) is 2.89. The van der Waals surface area contributed by atoms with Crippen molar-refractivity contribution < 1.29 is 12.8 Å². The molecule has 1 rings (SSSR count). The molecule has 7 heteroatoms. The maximum atomic E-state index is 13.4.